The van der Waals surface area contributed by atoms with Crippen LogP contribution in [0.15, 0.2) is 35.3 Å². The predicted molar refractivity (Wildman–Crippen MR) is 124 cm³/mol. The molecule has 8 heteroatoms. The Morgan fingerprint density at radius 2 is 1.86 bits per heavy atom. The molecule has 0 radical (unpaired) electrons. The minimum Gasteiger partial charge on any atom is -0.444 e. The lowest BCUT2D eigenvalue weighted by molar-refractivity contribution is 0.0504. The van der Waals surface area contributed by atoms with Crippen molar-refractivity contribution in [1.82, 2.24) is 16.0 Å². The lowest BCUT2D eigenvalue weighted by Gasteiger charge is -2.24. The van der Waals surface area contributed by atoms with E-state index < -0.39 is 11.7 Å². The van der Waals surface area contributed by atoms with Gasteiger partial charge in [0.15, 0.2) is 5.96 Å². The summed E-state index contributed by atoms with van der Waals surface area (Å²) in [7, 11) is 1.72. The molecular formula is C20H35IN4O3. The molecule has 0 aliphatic carbocycles. The van der Waals surface area contributed by atoms with E-state index in [1.807, 2.05) is 58.0 Å². The van der Waals surface area contributed by atoms with Crippen molar-refractivity contribution in [3.8, 4) is 0 Å². The molecule has 0 heterocycles. The number of aliphatic imine (C=N–C) groups is 1. The fourth-order valence-electron chi connectivity index (χ4n) is 2.33. The Balaban J connectivity index is 0.00000729. The van der Waals surface area contributed by atoms with E-state index in [4.69, 9.17) is 9.47 Å². The predicted octanol–water partition coefficient (Wildman–Crippen LogP) is 3.46. The van der Waals surface area contributed by atoms with Crippen molar-refractivity contribution in [3.63, 3.8) is 0 Å². The van der Waals surface area contributed by atoms with Crippen molar-refractivity contribution < 1.29 is 14.3 Å². The van der Waals surface area contributed by atoms with E-state index in [2.05, 4.69) is 20.9 Å². The fraction of sp³-hybridized carbons (Fsp3) is 0.600. The third kappa shape index (κ3) is 12.0. The molecule has 1 aromatic carbocycles. The van der Waals surface area contributed by atoms with Crippen molar-refractivity contribution in [3.05, 3.63) is 35.9 Å². The molecule has 1 aromatic rings. The Bertz CT molecular complexity index is 577. The SMILES string of the molecule is CCOCCCNC(=NC)NCC(NC(=O)OC(C)(C)C)c1ccccc1.I. The zero-order valence-electron chi connectivity index (χ0n) is 17.6. The maximum absolute atomic E-state index is 12.2. The molecule has 1 rings (SSSR count). The number of carbonyl (C=O) groups excluding carboxylic acids is 1. The molecule has 28 heavy (non-hydrogen) atoms. The number of hydrogen-bond donors (Lipinski definition) is 3. The first-order valence-corrected chi connectivity index (χ1v) is 9.42. The molecule has 1 amide bonds. The first-order valence-electron chi connectivity index (χ1n) is 9.42. The van der Waals surface area contributed by atoms with Gasteiger partial charge in [-0.05, 0) is 39.7 Å². The molecule has 0 aliphatic heterocycles. The Morgan fingerprint density at radius 1 is 1.18 bits per heavy atom. The van der Waals surface area contributed by atoms with Crippen LogP contribution in [-0.4, -0.2) is 51.0 Å². The van der Waals surface area contributed by atoms with Crippen LogP contribution in [0.1, 0.15) is 45.7 Å². The zero-order chi connectivity index (χ0) is 20.1. The normalized spacial score (nSPS) is 12.5. The van der Waals surface area contributed by atoms with Crippen molar-refractivity contribution in [2.24, 2.45) is 4.99 Å². The Morgan fingerprint density at radius 3 is 2.43 bits per heavy atom. The quantitative estimate of drug-likeness (QED) is 0.207. The van der Waals surface area contributed by atoms with E-state index >= 15 is 0 Å². The van der Waals surface area contributed by atoms with Crippen LogP contribution in [0.5, 0.6) is 0 Å². The van der Waals surface area contributed by atoms with Crippen molar-refractivity contribution in [2.75, 3.05) is 33.4 Å². The van der Waals surface area contributed by atoms with Gasteiger partial charge in [-0.1, -0.05) is 30.3 Å². The van der Waals surface area contributed by atoms with Crippen LogP contribution in [-0.2, 0) is 9.47 Å². The molecule has 3 N–H and O–H groups in total. The second-order valence-corrected chi connectivity index (χ2v) is 7.04. The molecule has 160 valence electrons. The van der Waals surface area contributed by atoms with Crippen molar-refractivity contribution in [1.29, 1.82) is 0 Å². The highest BCUT2D eigenvalue weighted by Crippen LogP contribution is 2.14. The highest BCUT2D eigenvalue weighted by atomic mass is 127. The molecule has 1 unspecified atom stereocenters. The number of halogens is 1. The second-order valence-electron chi connectivity index (χ2n) is 7.04. The molecule has 0 aliphatic rings. The summed E-state index contributed by atoms with van der Waals surface area (Å²) >= 11 is 0. The minimum absolute atomic E-state index is 0. The van der Waals surface area contributed by atoms with Crippen LogP contribution in [0.25, 0.3) is 0 Å². The molecule has 1 atom stereocenters. The van der Waals surface area contributed by atoms with Crippen molar-refractivity contribution >= 4 is 36.0 Å². The van der Waals surface area contributed by atoms with Gasteiger partial charge < -0.3 is 25.4 Å². The smallest absolute Gasteiger partial charge is 0.408 e. The third-order valence-corrected chi connectivity index (χ3v) is 3.55. The van der Waals surface area contributed by atoms with Crippen LogP contribution in [0.4, 0.5) is 4.79 Å². The van der Waals surface area contributed by atoms with Gasteiger partial charge in [0.2, 0.25) is 0 Å². The molecule has 0 bridgehead atoms. The van der Waals surface area contributed by atoms with Crippen LogP contribution >= 0.6 is 24.0 Å². The van der Waals surface area contributed by atoms with Gasteiger partial charge in [-0.25, -0.2) is 4.79 Å². The van der Waals surface area contributed by atoms with Gasteiger partial charge in [0.25, 0.3) is 0 Å². The minimum atomic E-state index is -0.545. The van der Waals surface area contributed by atoms with E-state index in [-0.39, 0.29) is 30.0 Å². The van der Waals surface area contributed by atoms with Gasteiger partial charge in [-0.3, -0.25) is 4.99 Å². The standard InChI is InChI=1S/C20H34N4O3.HI/c1-6-26-14-10-13-22-18(21-5)23-15-17(16-11-8-7-9-12-16)24-19(25)27-20(2,3)4;/h7-9,11-12,17H,6,10,13-15H2,1-5H3,(H,24,25)(H2,21,22,23);1H. The van der Waals surface area contributed by atoms with E-state index in [1.54, 1.807) is 7.05 Å². The van der Waals surface area contributed by atoms with Crippen molar-refractivity contribution in [2.45, 2.75) is 45.8 Å². The Kier molecular flexibility index (Phi) is 13.6. The monoisotopic (exact) mass is 506 g/mol. The van der Waals surface area contributed by atoms with Gasteiger partial charge in [0, 0.05) is 33.4 Å². The number of rotatable bonds is 9. The number of benzene rings is 1. The van der Waals surface area contributed by atoms with E-state index in [9.17, 15) is 4.79 Å². The summed E-state index contributed by atoms with van der Waals surface area (Å²) in [5.74, 6) is 0.679. The lowest BCUT2D eigenvalue weighted by atomic mass is 10.1. The molecular weight excluding hydrogens is 471 g/mol. The number of carbonyl (C=O) groups is 1. The van der Waals surface area contributed by atoms with E-state index in [0.717, 1.165) is 25.1 Å². The molecule has 0 saturated carbocycles. The number of nitrogens with zero attached hydrogens (tertiary/aromatic N) is 1. The van der Waals surface area contributed by atoms with Gasteiger partial charge in [-0.2, -0.15) is 0 Å². The van der Waals surface area contributed by atoms with Crippen LogP contribution in [0.3, 0.4) is 0 Å². The van der Waals surface area contributed by atoms with Gasteiger partial charge in [0.1, 0.15) is 5.60 Å². The second kappa shape index (κ2) is 14.4. The van der Waals surface area contributed by atoms with Crippen LogP contribution in [0, 0.1) is 0 Å². The average molecular weight is 506 g/mol. The number of alkyl carbamates (subject to hydrolysis) is 1. The molecule has 7 nitrogen and oxygen atoms in total. The molecule has 0 fully saturated rings. The Hall–Kier alpha value is -1.55. The largest absolute Gasteiger partial charge is 0.444 e. The summed E-state index contributed by atoms with van der Waals surface area (Å²) < 4.78 is 10.7. The first kappa shape index (κ1) is 26.4. The number of nitrogens with one attached hydrogen (secondary N) is 3. The summed E-state index contributed by atoms with van der Waals surface area (Å²) in [5.41, 5.74) is 0.444. The Labute approximate surface area is 186 Å². The maximum Gasteiger partial charge on any atom is 0.408 e. The van der Waals surface area contributed by atoms with Gasteiger partial charge >= 0.3 is 6.09 Å². The van der Waals surface area contributed by atoms with Gasteiger partial charge in [-0.15, -0.1) is 24.0 Å². The summed E-state index contributed by atoms with van der Waals surface area (Å²) in [5, 5.41) is 9.42. The number of ether oxygens (including phenoxy) is 2. The highest BCUT2D eigenvalue weighted by Gasteiger charge is 2.20. The third-order valence-electron chi connectivity index (χ3n) is 3.55. The molecule has 0 aromatic heterocycles. The van der Waals surface area contributed by atoms with E-state index in [0.29, 0.717) is 19.1 Å². The van der Waals surface area contributed by atoms with Crippen LogP contribution in [0.2, 0.25) is 0 Å². The summed E-state index contributed by atoms with van der Waals surface area (Å²) in [4.78, 5) is 16.4. The summed E-state index contributed by atoms with van der Waals surface area (Å²) in [6.07, 6.45) is 0.449. The number of guanidine groups is 1. The highest BCUT2D eigenvalue weighted by molar-refractivity contribution is 14.0. The number of amides is 1. The zero-order valence-corrected chi connectivity index (χ0v) is 19.9. The maximum atomic E-state index is 12.2. The summed E-state index contributed by atoms with van der Waals surface area (Å²) in [6.45, 7) is 10.2. The van der Waals surface area contributed by atoms with Crippen LogP contribution < -0.4 is 16.0 Å². The van der Waals surface area contributed by atoms with Gasteiger partial charge in [0.05, 0.1) is 6.04 Å². The van der Waals surface area contributed by atoms with E-state index in [1.165, 1.54) is 0 Å². The topological polar surface area (TPSA) is 84.0 Å². The summed E-state index contributed by atoms with van der Waals surface area (Å²) in [6, 6.07) is 9.53. The number of hydrogen-bond acceptors (Lipinski definition) is 4. The lowest BCUT2D eigenvalue weighted by Crippen LogP contribution is -2.44. The average Bonchev–Trinajstić information content (AvgIpc) is 2.62. The molecule has 0 spiro atoms. The molecule has 0 saturated heterocycles. The fourth-order valence-corrected chi connectivity index (χ4v) is 2.33. The first-order chi connectivity index (χ1) is 12.9.